The van der Waals surface area contributed by atoms with Crippen LogP contribution in [0.2, 0.25) is 0 Å². The van der Waals surface area contributed by atoms with Crippen molar-refractivity contribution in [2.75, 3.05) is 6.54 Å². The van der Waals surface area contributed by atoms with Crippen molar-refractivity contribution in [3.63, 3.8) is 0 Å². The summed E-state index contributed by atoms with van der Waals surface area (Å²) >= 11 is 0. The molecular formula is C24H30N2O6. The SMILES string of the molecule is CC(C)(C)OC(=O)N1C(=O)[C@@H]2C[C@H]1CC[C@@H]2N1CCC(C(=O)OCc2ccccc2)C1=O. The van der Waals surface area contributed by atoms with E-state index in [1.165, 1.54) is 4.90 Å². The number of carbonyl (C=O) groups is 4. The predicted octanol–water partition coefficient (Wildman–Crippen LogP) is 2.89. The van der Waals surface area contributed by atoms with E-state index in [2.05, 4.69) is 0 Å². The Bertz CT molecular complexity index is 909. The molecule has 0 spiro atoms. The van der Waals surface area contributed by atoms with Crippen molar-refractivity contribution in [1.29, 1.82) is 0 Å². The maximum Gasteiger partial charge on any atom is 0.417 e. The van der Waals surface area contributed by atoms with Gasteiger partial charge in [0.2, 0.25) is 11.8 Å². The van der Waals surface area contributed by atoms with Gasteiger partial charge in [-0.2, -0.15) is 0 Å². The van der Waals surface area contributed by atoms with Gasteiger partial charge in [0, 0.05) is 18.6 Å². The molecule has 1 aromatic carbocycles. The minimum Gasteiger partial charge on any atom is -0.460 e. The topological polar surface area (TPSA) is 93.2 Å². The van der Waals surface area contributed by atoms with E-state index in [4.69, 9.17) is 9.47 Å². The number of carbonyl (C=O) groups excluding carboxylic acids is 4. The third-order valence-corrected chi connectivity index (χ3v) is 6.44. The lowest BCUT2D eigenvalue weighted by atomic mass is 9.84. The van der Waals surface area contributed by atoms with Crippen LogP contribution < -0.4 is 0 Å². The van der Waals surface area contributed by atoms with Crippen LogP contribution in [0.5, 0.6) is 0 Å². The maximum atomic E-state index is 13.1. The van der Waals surface area contributed by atoms with Gasteiger partial charge in [-0.3, -0.25) is 14.4 Å². The summed E-state index contributed by atoms with van der Waals surface area (Å²) in [6.45, 7) is 5.83. The lowest BCUT2D eigenvalue weighted by Crippen LogP contribution is -2.46. The first-order chi connectivity index (χ1) is 15.2. The molecule has 4 atom stereocenters. The van der Waals surface area contributed by atoms with Crippen LogP contribution in [-0.4, -0.2) is 57.9 Å². The molecule has 1 aromatic rings. The number of fused-ring (bicyclic) bond motifs is 2. The highest BCUT2D eigenvalue weighted by atomic mass is 16.6. The fourth-order valence-corrected chi connectivity index (χ4v) is 4.99. The molecule has 4 rings (SSSR count). The molecule has 3 aliphatic rings. The van der Waals surface area contributed by atoms with Crippen molar-refractivity contribution in [3.8, 4) is 0 Å². The molecule has 172 valence electrons. The molecule has 0 radical (unpaired) electrons. The largest absolute Gasteiger partial charge is 0.460 e. The summed E-state index contributed by atoms with van der Waals surface area (Å²) in [5.74, 6) is -2.37. The summed E-state index contributed by atoms with van der Waals surface area (Å²) in [5, 5.41) is 0. The molecule has 8 heteroatoms. The van der Waals surface area contributed by atoms with Gasteiger partial charge in [-0.1, -0.05) is 30.3 Å². The van der Waals surface area contributed by atoms with E-state index in [1.807, 2.05) is 30.3 Å². The van der Waals surface area contributed by atoms with E-state index >= 15 is 0 Å². The summed E-state index contributed by atoms with van der Waals surface area (Å²) in [6, 6.07) is 8.83. The molecule has 3 fully saturated rings. The zero-order valence-corrected chi connectivity index (χ0v) is 18.8. The Morgan fingerprint density at radius 3 is 2.44 bits per heavy atom. The van der Waals surface area contributed by atoms with Gasteiger partial charge in [0.15, 0.2) is 0 Å². The van der Waals surface area contributed by atoms with Gasteiger partial charge in [-0.15, -0.1) is 0 Å². The predicted molar refractivity (Wildman–Crippen MR) is 114 cm³/mol. The average molecular weight is 443 g/mol. The van der Waals surface area contributed by atoms with Gasteiger partial charge in [-0.05, 0) is 52.0 Å². The Balaban J connectivity index is 1.39. The van der Waals surface area contributed by atoms with Crippen molar-refractivity contribution < 1.29 is 28.7 Å². The highest BCUT2D eigenvalue weighted by Crippen LogP contribution is 2.41. The van der Waals surface area contributed by atoms with Gasteiger partial charge in [0.25, 0.3) is 0 Å². The number of hydrogen-bond acceptors (Lipinski definition) is 6. The van der Waals surface area contributed by atoms with E-state index in [0.29, 0.717) is 32.2 Å². The van der Waals surface area contributed by atoms with E-state index < -0.39 is 29.5 Å². The number of benzene rings is 1. The van der Waals surface area contributed by atoms with E-state index in [-0.39, 0.29) is 30.5 Å². The number of likely N-dealkylation sites (tertiary alicyclic amines) is 2. The van der Waals surface area contributed by atoms with Crippen LogP contribution in [-0.2, 0) is 30.5 Å². The van der Waals surface area contributed by atoms with E-state index in [1.54, 1.807) is 25.7 Å². The molecule has 1 aliphatic carbocycles. The summed E-state index contributed by atoms with van der Waals surface area (Å²) in [4.78, 5) is 54.1. The van der Waals surface area contributed by atoms with E-state index in [9.17, 15) is 19.2 Å². The number of ether oxygens (including phenoxy) is 2. The second-order valence-electron chi connectivity index (χ2n) is 9.80. The smallest absolute Gasteiger partial charge is 0.417 e. The fourth-order valence-electron chi connectivity index (χ4n) is 4.99. The zero-order valence-electron chi connectivity index (χ0n) is 18.8. The van der Waals surface area contributed by atoms with Crippen LogP contribution in [0.4, 0.5) is 4.79 Å². The van der Waals surface area contributed by atoms with Gasteiger partial charge in [-0.25, -0.2) is 9.69 Å². The monoisotopic (exact) mass is 442 g/mol. The number of amides is 3. The van der Waals surface area contributed by atoms with Gasteiger partial charge >= 0.3 is 12.1 Å². The van der Waals surface area contributed by atoms with Crippen molar-refractivity contribution in [1.82, 2.24) is 9.80 Å². The Morgan fingerprint density at radius 2 is 1.75 bits per heavy atom. The molecule has 2 aliphatic heterocycles. The number of rotatable bonds is 4. The quantitative estimate of drug-likeness (QED) is 0.526. The summed E-state index contributed by atoms with van der Waals surface area (Å²) in [7, 11) is 0. The second-order valence-corrected chi connectivity index (χ2v) is 9.80. The molecule has 8 nitrogen and oxygen atoms in total. The molecule has 32 heavy (non-hydrogen) atoms. The van der Waals surface area contributed by atoms with Gasteiger partial charge in [0.1, 0.15) is 18.1 Å². The first-order valence-corrected chi connectivity index (χ1v) is 11.2. The van der Waals surface area contributed by atoms with Crippen LogP contribution in [0, 0.1) is 11.8 Å². The lowest BCUT2D eigenvalue weighted by Gasteiger charge is -2.34. The normalized spacial score (nSPS) is 27.6. The number of hydrogen-bond donors (Lipinski definition) is 0. The molecule has 1 unspecified atom stereocenters. The minimum absolute atomic E-state index is 0.126. The molecular weight excluding hydrogens is 412 g/mol. The van der Waals surface area contributed by atoms with Crippen LogP contribution in [0.15, 0.2) is 30.3 Å². The molecule has 2 bridgehead atoms. The second kappa shape index (κ2) is 8.56. The Morgan fingerprint density at radius 1 is 1.03 bits per heavy atom. The van der Waals surface area contributed by atoms with Crippen LogP contribution in [0.3, 0.4) is 0 Å². The fraction of sp³-hybridized carbons (Fsp3) is 0.583. The molecule has 1 saturated carbocycles. The first kappa shape index (κ1) is 22.3. The third-order valence-electron chi connectivity index (χ3n) is 6.44. The summed E-state index contributed by atoms with van der Waals surface area (Å²) < 4.78 is 10.8. The number of nitrogens with zero attached hydrogens (tertiary/aromatic N) is 2. The highest BCUT2D eigenvalue weighted by Gasteiger charge is 2.54. The Kier molecular flexibility index (Phi) is 5.97. The molecule has 3 amide bonds. The third kappa shape index (κ3) is 4.36. The Labute approximate surface area is 187 Å². The standard InChI is InChI=1S/C24H30N2O6/c1-24(2,3)32-23(30)26-16-9-10-19(18(13-16)21(26)28)25-12-11-17(20(25)27)22(29)31-14-15-7-5-4-6-8-15/h4-8,16-19H,9-14H2,1-3H3/t16-,17?,18-,19+/m1/s1. The number of esters is 1. The summed E-state index contributed by atoms with van der Waals surface area (Å²) in [5.41, 5.74) is 0.173. The Hall–Kier alpha value is -2.90. The highest BCUT2D eigenvalue weighted by molar-refractivity contribution is 6.00. The average Bonchev–Trinajstić information content (AvgIpc) is 3.24. The minimum atomic E-state index is -0.838. The molecule has 0 N–H and O–H groups in total. The maximum absolute atomic E-state index is 13.1. The molecule has 0 aromatic heterocycles. The van der Waals surface area contributed by atoms with E-state index in [0.717, 1.165) is 5.56 Å². The van der Waals surface area contributed by atoms with Crippen LogP contribution >= 0.6 is 0 Å². The first-order valence-electron chi connectivity index (χ1n) is 11.2. The van der Waals surface area contributed by atoms with Crippen molar-refractivity contribution in [2.45, 2.75) is 70.7 Å². The molecule has 2 saturated heterocycles. The van der Waals surface area contributed by atoms with Gasteiger partial charge < -0.3 is 14.4 Å². The van der Waals surface area contributed by atoms with Crippen LogP contribution in [0.25, 0.3) is 0 Å². The zero-order chi connectivity index (χ0) is 23.0. The summed E-state index contributed by atoms with van der Waals surface area (Å²) in [6.07, 6.45) is 1.53. The molecule has 2 heterocycles. The lowest BCUT2D eigenvalue weighted by molar-refractivity contribution is -0.154. The number of imide groups is 1. The van der Waals surface area contributed by atoms with Gasteiger partial charge in [0.05, 0.1) is 5.92 Å². The van der Waals surface area contributed by atoms with Crippen molar-refractivity contribution in [2.24, 2.45) is 11.8 Å². The van der Waals surface area contributed by atoms with Crippen molar-refractivity contribution in [3.05, 3.63) is 35.9 Å². The van der Waals surface area contributed by atoms with Crippen molar-refractivity contribution >= 4 is 23.9 Å². The van der Waals surface area contributed by atoms with Crippen LogP contribution in [0.1, 0.15) is 52.0 Å².